The van der Waals surface area contributed by atoms with E-state index in [1.807, 2.05) is 32.0 Å². The lowest BCUT2D eigenvalue weighted by molar-refractivity contribution is 0.102. The van der Waals surface area contributed by atoms with Crippen LogP contribution in [0.3, 0.4) is 0 Å². The lowest BCUT2D eigenvalue weighted by atomic mass is 10.0. The predicted octanol–water partition coefficient (Wildman–Crippen LogP) is 5.83. The van der Waals surface area contributed by atoms with E-state index in [0.29, 0.717) is 28.0 Å². The van der Waals surface area contributed by atoms with Gasteiger partial charge < -0.3 is 10.1 Å². The van der Waals surface area contributed by atoms with Crippen molar-refractivity contribution < 1.29 is 9.53 Å². The molecular formula is C25H21ClN4O2. The minimum atomic E-state index is -0.163. The molecule has 2 heterocycles. The molecule has 0 atom stereocenters. The summed E-state index contributed by atoms with van der Waals surface area (Å²) in [5, 5.41) is 4.38. The zero-order chi connectivity index (χ0) is 22.2. The van der Waals surface area contributed by atoms with E-state index in [9.17, 15) is 4.79 Å². The highest BCUT2D eigenvalue weighted by Gasteiger charge is 2.24. The molecular weight excluding hydrogens is 424 g/mol. The van der Waals surface area contributed by atoms with E-state index in [1.165, 1.54) is 0 Å². The van der Waals surface area contributed by atoms with Crippen LogP contribution in [0.5, 0.6) is 11.8 Å². The number of pyridine rings is 1. The van der Waals surface area contributed by atoms with E-state index in [0.717, 1.165) is 52.8 Å². The Morgan fingerprint density at radius 1 is 0.969 bits per heavy atom. The Kier molecular flexibility index (Phi) is 5.23. The zero-order valence-corrected chi connectivity index (χ0v) is 18.5. The number of hydrogen-bond donors (Lipinski definition) is 1. The lowest BCUT2D eigenvalue weighted by Crippen LogP contribution is -2.15. The van der Waals surface area contributed by atoms with Gasteiger partial charge in [-0.25, -0.2) is 9.97 Å². The molecule has 160 valence electrons. The molecule has 1 aliphatic rings. The van der Waals surface area contributed by atoms with Crippen molar-refractivity contribution >= 4 is 34.1 Å². The Balaban J connectivity index is 1.41. The fourth-order valence-corrected chi connectivity index (χ4v) is 4.31. The first-order valence-electron chi connectivity index (χ1n) is 10.5. The Labute approximate surface area is 190 Å². The maximum Gasteiger partial charge on any atom is 0.322 e. The topological polar surface area (TPSA) is 77.0 Å². The number of anilines is 1. The number of benzene rings is 2. The first-order valence-corrected chi connectivity index (χ1v) is 10.9. The van der Waals surface area contributed by atoms with Crippen LogP contribution in [0.4, 0.5) is 5.69 Å². The highest BCUT2D eigenvalue weighted by Crippen LogP contribution is 2.32. The molecule has 0 saturated heterocycles. The molecule has 1 amide bonds. The maximum atomic E-state index is 13.3. The van der Waals surface area contributed by atoms with Crippen LogP contribution in [-0.2, 0) is 12.8 Å². The molecule has 0 bridgehead atoms. The third kappa shape index (κ3) is 4.01. The second-order valence-electron chi connectivity index (χ2n) is 7.94. The summed E-state index contributed by atoms with van der Waals surface area (Å²) in [6, 6.07) is 14.8. The van der Waals surface area contributed by atoms with Gasteiger partial charge in [0.05, 0.1) is 11.1 Å². The van der Waals surface area contributed by atoms with E-state index in [1.54, 1.807) is 30.3 Å². The van der Waals surface area contributed by atoms with Crippen LogP contribution in [0.1, 0.15) is 39.4 Å². The largest absolute Gasteiger partial charge is 0.424 e. The summed E-state index contributed by atoms with van der Waals surface area (Å²) < 4.78 is 5.76. The molecule has 0 unspecified atom stereocenters. The van der Waals surface area contributed by atoms with Crippen molar-refractivity contribution in [2.75, 3.05) is 5.32 Å². The number of rotatable bonds is 4. The summed E-state index contributed by atoms with van der Waals surface area (Å²) in [6.45, 7) is 3.79. The van der Waals surface area contributed by atoms with Gasteiger partial charge >= 0.3 is 6.01 Å². The molecule has 2 aromatic heterocycles. The van der Waals surface area contributed by atoms with Crippen molar-refractivity contribution in [2.45, 2.75) is 33.1 Å². The van der Waals surface area contributed by atoms with Gasteiger partial charge in [0.15, 0.2) is 0 Å². The van der Waals surface area contributed by atoms with Gasteiger partial charge in [-0.05, 0) is 87.2 Å². The van der Waals surface area contributed by atoms with Gasteiger partial charge in [-0.2, -0.15) is 0 Å². The number of carbonyl (C=O) groups excluding carboxylic acids is 1. The SMILES string of the molecule is Cc1cc(C)nc(Oc2ccc(NC(=O)c3c4c(nc5ccc(Cl)cc35)CCC4)cc2)n1. The van der Waals surface area contributed by atoms with Crippen molar-refractivity contribution in [3.63, 3.8) is 0 Å². The van der Waals surface area contributed by atoms with Crippen LogP contribution in [0.25, 0.3) is 10.9 Å². The van der Waals surface area contributed by atoms with Crippen molar-refractivity contribution in [3.8, 4) is 11.8 Å². The van der Waals surface area contributed by atoms with Gasteiger partial charge in [0.25, 0.3) is 5.91 Å². The number of nitrogens with one attached hydrogen (secondary N) is 1. The fourth-order valence-electron chi connectivity index (χ4n) is 4.14. The van der Waals surface area contributed by atoms with Gasteiger partial charge in [-0.3, -0.25) is 9.78 Å². The van der Waals surface area contributed by atoms with E-state index >= 15 is 0 Å². The summed E-state index contributed by atoms with van der Waals surface area (Å²) in [5.74, 6) is 0.430. The van der Waals surface area contributed by atoms with Crippen molar-refractivity contribution in [2.24, 2.45) is 0 Å². The summed E-state index contributed by atoms with van der Waals surface area (Å²) in [6.07, 6.45) is 2.73. The minimum absolute atomic E-state index is 0.163. The zero-order valence-electron chi connectivity index (χ0n) is 17.8. The van der Waals surface area contributed by atoms with Crippen LogP contribution < -0.4 is 10.1 Å². The average Bonchev–Trinajstić information content (AvgIpc) is 3.20. The van der Waals surface area contributed by atoms with Gasteiger partial charge in [0.1, 0.15) is 5.75 Å². The molecule has 0 aliphatic heterocycles. The quantitative estimate of drug-likeness (QED) is 0.428. The number of aryl methyl sites for hydroxylation is 3. The number of aromatic nitrogens is 3. The molecule has 0 radical (unpaired) electrons. The van der Waals surface area contributed by atoms with Gasteiger partial charge in [-0.15, -0.1) is 0 Å². The van der Waals surface area contributed by atoms with Crippen LogP contribution in [0.15, 0.2) is 48.5 Å². The molecule has 0 fully saturated rings. The molecule has 4 aromatic rings. The number of hydrogen-bond acceptors (Lipinski definition) is 5. The van der Waals surface area contributed by atoms with Crippen molar-refractivity contribution in [1.29, 1.82) is 0 Å². The number of ether oxygens (including phenoxy) is 1. The first kappa shape index (κ1) is 20.4. The predicted molar refractivity (Wildman–Crippen MR) is 125 cm³/mol. The monoisotopic (exact) mass is 444 g/mol. The highest BCUT2D eigenvalue weighted by atomic mass is 35.5. The summed E-state index contributed by atoms with van der Waals surface area (Å²) in [7, 11) is 0. The number of fused-ring (bicyclic) bond motifs is 2. The summed E-state index contributed by atoms with van der Waals surface area (Å²) in [5.41, 5.74) is 5.82. The minimum Gasteiger partial charge on any atom is -0.424 e. The number of amides is 1. The molecule has 1 aliphatic carbocycles. The van der Waals surface area contributed by atoms with Gasteiger partial charge in [0, 0.05) is 33.2 Å². The van der Waals surface area contributed by atoms with E-state index in [4.69, 9.17) is 21.3 Å². The maximum absolute atomic E-state index is 13.3. The van der Waals surface area contributed by atoms with Crippen molar-refractivity contribution in [3.05, 3.63) is 81.8 Å². The molecule has 7 heteroatoms. The van der Waals surface area contributed by atoms with Gasteiger partial charge in [0.2, 0.25) is 0 Å². The second kappa shape index (κ2) is 8.20. The number of carbonyl (C=O) groups is 1. The van der Waals surface area contributed by atoms with Crippen LogP contribution >= 0.6 is 11.6 Å². The fraction of sp³-hybridized carbons (Fsp3) is 0.200. The Hall–Kier alpha value is -3.51. The third-order valence-electron chi connectivity index (χ3n) is 5.48. The van der Waals surface area contributed by atoms with Crippen LogP contribution in [-0.4, -0.2) is 20.9 Å². The Morgan fingerprint density at radius 2 is 1.72 bits per heavy atom. The standard InChI is InChI=1S/C25H21ClN4O2/c1-14-12-15(2)28-25(27-14)32-18-9-7-17(8-10-18)29-24(31)23-19-4-3-5-21(19)30-22-11-6-16(26)13-20(22)23/h6-13H,3-5H2,1-2H3,(H,29,31). The molecule has 1 N–H and O–H groups in total. The lowest BCUT2D eigenvalue weighted by Gasteiger charge is -2.13. The molecule has 6 nitrogen and oxygen atoms in total. The molecule has 5 rings (SSSR count). The Morgan fingerprint density at radius 3 is 2.47 bits per heavy atom. The smallest absolute Gasteiger partial charge is 0.322 e. The molecule has 32 heavy (non-hydrogen) atoms. The summed E-state index contributed by atoms with van der Waals surface area (Å²) in [4.78, 5) is 26.6. The first-order chi connectivity index (χ1) is 15.5. The second-order valence-corrected chi connectivity index (χ2v) is 8.38. The molecule has 0 saturated carbocycles. The summed E-state index contributed by atoms with van der Waals surface area (Å²) >= 11 is 6.23. The van der Waals surface area contributed by atoms with Crippen molar-refractivity contribution in [1.82, 2.24) is 15.0 Å². The molecule has 2 aromatic carbocycles. The van der Waals surface area contributed by atoms with Crippen LogP contribution in [0, 0.1) is 13.8 Å². The average molecular weight is 445 g/mol. The van der Waals surface area contributed by atoms with Gasteiger partial charge in [-0.1, -0.05) is 11.6 Å². The van der Waals surface area contributed by atoms with E-state index < -0.39 is 0 Å². The highest BCUT2D eigenvalue weighted by molar-refractivity contribution is 6.31. The van der Waals surface area contributed by atoms with E-state index in [-0.39, 0.29) is 5.91 Å². The van der Waals surface area contributed by atoms with E-state index in [2.05, 4.69) is 15.3 Å². The Bertz CT molecular complexity index is 1330. The molecule has 0 spiro atoms. The number of halogens is 1. The van der Waals surface area contributed by atoms with Crippen LogP contribution in [0.2, 0.25) is 5.02 Å². The number of nitrogens with zero attached hydrogens (tertiary/aromatic N) is 3. The third-order valence-corrected chi connectivity index (χ3v) is 5.72. The normalized spacial score (nSPS) is 12.6.